The quantitative estimate of drug-likeness (QED) is 0.803. The molecule has 0 spiro atoms. The second kappa shape index (κ2) is 6.98. The number of pyridine rings is 1. The van der Waals surface area contributed by atoms with Crippen LogP contribution in [0.2, 0.25) is 0 Å². The van der Waals surface area contributed by atoms with Crippen molar-refractivity contribution in [3.63, 3.8) is 0 Å². The molecular weight excluding hydrogens is 268 g/mol. The summed E-state index contributed by atoms with van der Waals surface area (Å²) in [5.41, 5.74) is 1.08. The zero-order chi connectivity index (χ0) is 15.4. The van der Waals surface area contributed by atoms with E-state index in [4.69, 9.17) is 0 Å². The molecule has 0 unspecified atom stereocenters. The fraction of sp³-hybridized carbons (Fsp3) is 0.600. The van der Waals surface area contributed by atoms with Crippen molar-refractivity contribution < 1.29 is 9.90 Å². The lowest BCUT2D eigenvalue weighted by atomic mass is 10.2. The van der Waals surface area contributed by atoms with E-state index in [1.165, 1.54) is 0 Å². The van der Waals surface area contributed by atoms with Crippen LogP contribution in [-0.2, 0) is 11.3 Å². The smallest absolute Gasteiger partial charge is 0.236 e. The Hall–Kier alpha value is -1.50. The number of carbonyl (C=O) groups excluding carboxylic acids is 1. The van der Waals surface area contributed by atoms with Gasteiger partial charge >= 0.3 is 0 Å². The third-order valence-corrected chi connectivity index (χ3v) is 3.86. The number of likely N-dealkylation sites (tertiary alicyclic amines) is 1. The molecule has 1 fully saturated rings. The predicted molar refractivity (Wildman–Crippen MR) is 80.6 cm³/mol. The molecule has 2 rings (SSSR count). The van der Waals surface area contributed by atoms with E-state index in [0.717, 1.165) is 5.56 Å². The van der Waals surface area contributed by atoms with Crippen LogP contribution in [0.5, 0.6) is 0 Å². The van der Waals surface area contributed by atoms with Gasteiger partial charge in [-0.3, -0.25) is 14.7 Å². The normalized spacial score (nSPS) is 22.3. The van der Waals surface area contributed by atoms with E-state index >= 15 is 0 Å². The van der Waals surface area contributed by atoms with Crippen LogP contribution in [0.15, 0.2) is 24.5 Å². The Balaban J connectivity index is 1.84. The molecule has 21 heavy (non-hydrogen) atoms. The number of likely N-dealkylation sites (N-methyl/N-ethyl adjacent to an activating group) is 2. The number of aliphatic hydroxyl groups excluding tert-OH is 1. The Morgan fingerprint density at radius 1 is 1.43 bits per heavy atom. The summed E-state index contributed by atoms with van der Waals surface area (Å²) in [5, 5.41) is 9.99. The van der Waals surface area contributed by atoms with Gasteiger partial charge in [0, 0.05) is 32.0 Å². The summed E-state index contributed by atoms with van der Waals surface area (Å²) >= 11 is 0. The average Bonchev–Trinajstić information content (AvgIpc) is 2.82. The number of carbonyl (C=O) groups is 1. The first-order valence-electron chi connectivity index (χ1n) is 7.17. The molecule has 1 aromatic heterocycles. The van der Waals surface area contributed by atoms with Crippen molar-refractivity contribution in [3.05, 3.63) is 30.1 Å². The minimum Gasteiger partial charge on any atom is -0.390 e. The highest BCUT2D eigenvalue weighted by atomic mass is 16.3. The van der Waals surface area contributed by atoms with Crippen LogP contribution in [-0.4, -0.2) is 83.6 Å². The first kappa shape index (κ1) is 15.9. The summed E-state index contributed by atoms with van der Waals surface area (Å²) in [7, 11) is 5.77. The summed E-state index contributed by atoms with van der Waals surface area (Å²) in [6, 6.07) is 3.91. The van der Waals surface area contributed by atoms with Crippen LogP contribution >= 0.6 is 0 Å². The lowest BCUT2D eigenvalue weighted by molar-refractivity contribution is -0.131. The molecule has 1 aromatic rings. The molecule has 6 nitrogen and oxygen atoms in total. The Morgan fingerprint density at radius 2 is 2.19 bits per heavy atom. The van der Waals surface area contributed by atoms with Gasteiger partial charge in [-0.1, -0.05) is 6.07 Å². The van der Waals surface area contributed by atoms with E-state index in [-0.39, 0.29) is 11.9 Å². The van der Waals surface area contributed by atoms with E-state index < -0.39 is 6.10 Å². The van der Waals surface area contributed by atoms with Crippen molar-refractivity contribution in [1.82, 2.24) is 19.7 Å². The minimum absolute atomic E-state index is 0.0255. The number of amides is 1. The molecule has 116 valence electrons. The van der Waals surface area contributed by atoms with Gasteiger partial charge in [0.2, 0.25) is 5.91 Å². The Bertz CT molecular complexity index is 466. The van der Waals surface area contributed by atoms with Crippen molar-refractivity contribution in [2.75, 3.05) is 40.8 Å². The van der Waals surface area contributed by atoms with Crippen molar-refractivity contribution in [2.24, 2.45) is 0 Å². The molecule has 0 bridgehead atoms. The van der Waals surface area contributed by atoms with Crippen LogP contribution in [0.4, 0.5) is 0 Å². The molecule has 0 radical (unpaired) electrons. The summed E-state index contributed by atoms with van der Waals surface area (Å²) in [5.74, 6) is 0.0600. The lowest BCUT2D eigenvalue weighted by Crippen LogP contribution is -2.40. The molecule has 1 saturated heterocycles. The van der Waals surface area contributed by atoms with Gasteiger partial charge in [0.05, 0.1) is 18.7 Å². The van der Waals surface area contributed by atoms with Crippen molar-refractivity contribution in [1.29, 1.82) is 0 Å². The molecule has 6 heteroatoms. The summed E-state index contributed by atoms with van der Waals surface area (Å²) in [6.07, 6.45) is 3.08. The highest BCUT2D eigenvalue weighted by Gasteiger charge is 2.35. The van der Waals surface area contributed by atoms with Crippen LogP contribution in [0, 0.1) is 0 Å². The highest BCUT2D eigenvalue weighted by Crippen LogP contribution is 2.14. The molecule has 1 amide bonds. The van der Waals surface area contributed by atoms with Gasteiger partial charge in [0.1, 0.15) is 0 Å². The fourth-order valence-electron chi connectivity index (χ4n) is 2.67. The standard InChI is InChI=1S/C15H24N4O2/c1-17(2)13-9-19(10-14(13)20)15(21)11-18(3)8-12-5-4-6-16-7-12/h4-7,13-14,20H,8-11H2,1-3H3/t13-,14-/m1/s1. The monoisotopic (exact) mass is 292 g/mol. The molecule has 0 saturated carbocycles. The molecule has 0 aliphatic carbocycles. The Labute approximate surface area is 126 Å². The third kappa shape index (κ3) is 4.23. The highest BCUT2D eigenvalue weighted by molar-refractivity contribution is 5.78. The molecule has 1 aliphatic heterocycles. The van der Waals surface area contributed by atoms with E-state index in [1.54, 1.807) is 11.1 Å². The van der Waals surface area contributed by atoms with Crippen LogP contribution in [0.25, 0.3) is 0 Å². The van der Waals surface area contributed by atoms with Crippen LogP contribution in [0.3, 0.4) is 0 Å². The molecule has 2 heterocycles. The van der Waals surface area contributed by atoms with Crippen molar-refractivity contribution in [3.8, 4) is 0 Å². The van der Waals surface area contributed by atoms with Gasteiger partial charge in [0.15, 0.2) is 0 Å². The van der Waals surface area contributed by atoms with E-state index in [2.05, 4.69) is 4.98 Å². The minimum atomic E-state index is -0.465. The molecule has 1 aliphatic rings. The third-order valence-electron chi connectivity index (χ3n) is 3.86. The van der Waals surface area contributed by atoms with Crippen LogP contribution < -0.4 is 0 Å². The van der Waals surface area contributed by atoms with E-state index in [0.29, 0.717) is 26.2 Å². The topological polar surface area (TPSA) is 59.9 Å². The number of β-amino-alcohol motifs (C(OH)–C–C–N with tert-alkyl or cyclic N) is 1. The fourth-order valence-corrected chi connectivity index (χ4v) is 2.67. The number of hydrogen-bond donors (Lipinski definition) is 1. The number of hydrogen-bond acceptors (Lipinski definition) is 5. The van der Waals surface area contributed by atoms with Gasteiger partial charge in [-0.15, -0.1) is 0 Å². The Morgan fingerprint density at radius 3 is 2.76 bits per heavy atom. The predicted octanol–water partition coefficient (Wildman–Crippen LogP) is -0.353. The summed E-state index contributed by atoms with van der Waals surface area (Å²) in [4.78, 5) is 22.1. The van der Waals surface area contributed by atoms with Gasteiger partial charge in [-0.2, -0.15) is 0 Å². The number of rotatable bonds is 5. The first-order valence-corrected chi connectivity index (χ1v) is 7.17. The van der Waals surface area contributed by atoms with Crippen LogP contribution in [0.1, 0.15) is 5.56 Å². The van der Waals surface area contributed by atoms with Gasteiger partial charge in [0.25, 0.3) is 0 Å². The van der Waals surface area contributed by atoms with Gasteiger partial charge in [-0.05, 0) is 32.8 Å². The Kier molecular flexibility index (Phi) is 5.27. The molecular formula is C15H24N4O2. The zero-order valence-corrected chi connectivity index (χ0v) is 12.9. The van der Waals surface area contributed by atoms with Gasteiger partial charge in [-0.25, -0.2) is 0 Å². The molecule has 2 atom stereocenters. The van der Waals surface area contributed by atoms with Crippen molar-refractivity contribution >= 4 is 5.91 Å². The number of aromatic nitrogens is 1. The molecule has 0 aromatic carbocycles. The maximum absolute atomic E-state index is 12.3. The van der Waals surface area contributed by atoms with Gasteiger partial charge < -0.3 is 14.9 Å². The zero-order valence-electron chi connectivity index (χ0n) is 12.9. The maximum Gasteiger partial charge on any atom is 0.236 e. The summed E-state index contributed by atoms with van der Waals surface area (Å²) in [6.45, 7) is 2.05. The maximum atomic E-state index is 12.3. The SMILES string of the molecule is CN(CC(=O)N1C[C@@H](O)[C@H](N(C)C)C1)Cc1cccnc1. The average molecular weight is 292 g/mol. The number of nitrogens with zero attached hydrogens (tertiary/aromatic N) is 4. The number of aliphatic hydroxyl groups is 1. The van der Waals surface area contributed by atoms with Crippen molar-refractivity contribution in [2.45, 2.75) is 18.7 Å². The summed E-state index contributed by atoms with van der Waals surface area (Å²) < 4.78 is 0. The first-order chi connectivity index (χ1) is 9.97. The van der Waals surface area contributed by atoms with E-state index in [1.807, 2.05) is 49.3 Å². The molecule has 1 N–H and O–H groups in total. The van der Waals surface area contributed by atoms with E-state index in [9.17, 15) is 9.90 Å². The largest absolute Gasteiger partial charge is 0.390 e. The lowest BCUT2D eigenvalue weighted by Gasteiger charge is -2.23. The second-order valence-electron chi connectivity index (χ2n) is 5.93. The second-order valence-corrected chi connectivity index (χ2v) is 5.93.